The van der Waals surface area contributed by atoms with Gasteiger partial charge in [-0.25, -0.2) is 13.4 Å². The van der Waals surface area contributed by atoms with Crippen molar-refractivity contribution in [3.63, 3.8) is 0 Å². The second-order valence-corrected chi connectivity index (χ2v) is 7.14. The summed E-state index contributed by atoms with van der Waals surface area (Å²) in [7, 11) is -3.22. The Hall–Kier alpha value is -0.750. The Labute approximate surface area is 107 Å². The molecule has 1 N–H and O–H groups in total. The number of thioether (sulfide) groups is 1. The van der Waals surface area contributed by atoms with Gasteiger partial charge in [-0.3, -0.25) is 0 Å². The van der Waals surface area contributed by atoms with Gasteiger partial charge in [0.2, 0.25) is 0 Å². The van der Waals surface area contributed by atoms with Gasteiger partial charge in [-0.05, 0) is 24.8 Å². The van der Waals surface area contributed by atoms with Crippen molar-refractivity contribution in [2.45, 2.75) is 23.5 Å². The monoisotopic (exact) mass is 274 g/mol. The highest BCUT2D eigenvalue weighted by Gasteiger charge is 2.13. The third-order valence-electron chi connectivity index (χ3n) is 2.42. The van der Waals surface area contributed by atoms with E-state index in [1.54, 1.807) is 30.1 Å². The first-order chi connectivity index (χ1) is 7.95. The molecule has 0 aliphatic heterocycles. The van der Waals surface area contributed by atoms with Crippen LogP contribution in [0.4, 0.5) is 5.82 Å². The van der Waals surface area contributed by atoms with Crippen molar-refractivity contribution in [3.05, 3.63) is 18.3 Å². The number of rotatable bonds is 6. The number of anilines is 1. The molecular formula is C11H18N2O2S2. The number of nitrogens with one attached hydrogen (secondary N) is 1. The summed E-state index contributed by atoms with van der Waals surface area (Å²) < 4.78 is 23.0. The van der Waals surface area contributed by atoms with Crippen molar-refractivity contribution >= 4 is 27.4 Å². The molecule has 0 spiro atoms. The first kappa shape index (κ1) is 14.3. The van der Waals surface area contributed by atoms with E-state index in [9.17, 15) is 8.42 Å². The standard InChI is InChI=1S/C11H18N2O2S2/c1-9(16-2)6-8-13-11-10(17(3,14)15)5-4-7-12-11/h4-5,7,9H,6,8H2,1-3H3,(H,12,13). The van der Waals surface area contributed by atoms with Crippen LogP contribution >= 0.6 is 11.8 Å². The van der Waals surface area contributed by atoms with E-state index in [-0.39, 0.29) is 4.90 Å². The molecule has 96 valence electrons. The Balaban J connectivity index is 2.72. The fourth-order valence-corrected chi connectivity index (χ4v) is 2.49. The molecule has 0 radical (unpaired) electrons. The van der Waals surface area contributed by atoms with Crippen LogP contribution in [0.5, 0.6) is 0 Å². The van der Waals surface area contributed by atoms with E-state index in [0.717, 1.165) is 13.0 Å². The molecule has 4 nitrogen and oxygen atoms in total. The first-order valence-electron chi connectivity index (χ1n) is 5.37. The van der Waals surface area contributed by atoms with E-state index < -0.39 is 9.84 Å². The van der Waals surface area contributed by atoms with E-state index in [0.29, 0.717) is 11.1 Å². The summed E-state index contributed by atoms with van der Waals surface area (Å²) in [6.45, 7) is 2.86. The molecule has 0 amide bonds. The van der Waals surface area contributed by atoms with Crippen LogP contribution in [0.2, 0.25) is 0 Å². The number of nitrogens with zero attached hydrogens (tertiary/aromatic N) is 1. The lowest BCUT2D eigenvalue weighted by molar-refractivity contribution is 0.601. The van der Waals surface area contributed by atoms with E-state index >= 15 is 0 Å². The molecule has 0 bridgehead atoms. The lowest BCUT2D eigenvalue weighted by Gasteiger charge is -2.11. The maximum atomic E-state index is 11.5. The second kappa shape index (κ2) is 6.26. The number of aromatic nitrogens is 1. The van der Waals surface area contributed by atoms with Gasteiger partial charge in [0.25, 0.3) is 0 Å². The van der Waals surface area contributed by atoms with Crippen molar-refractivity contribution in [2.75, 3.05) is 24.4 Å². The van der Waals surface area contributed by atoms with Gasteiger partial charge >= 0.3 is 0 Å². The van der Waals surface area contributed by atoms with Crippen LogP contribution in [0.3, 0.4) is 0 Å². The maximum Gasteiger partial charge on any atom is 0.179 e. The van der Waals surface area contributed by atoms with Crippen molar-refractivity contribution in [1.29, 1.82) is 0 Å². The Morgan fingerprint density at radius 2 is 2.24 bits per heavy atom. The molecule has 17 heavy (non-hydrogen) atoms. The maximum absolute atomic E-state index is 11.5. The molecular weight excluding hydrogens is 256 g/mol. The zero-order valence-corrected chi connectivity index (χ0v) is 11.9. The predicted octanol–water partition coefficient (Wildman–Crippen LogP) is 2.04. The zero-order valence-electron chi connectivity index (χ0n) is 10.3. The smallest absolute Gasteiger partial charge is 0.179 e. The van der Waals surface area contributed by atoms with Crippen LogP contribution in [0, 0.1) is 0 Å². The minimum atomic E-state index is -3.22. The van der Waals surface area contributed by atoms with E-state index in [1.807, 2.05) is 0 Å². The van der Waals surface area contributed by atoms with Gasteiger partial charge in [0.15, 0.2) is 9.84 Å². The summed E-state index contributed by atoms with van der Waals surface area (Å²) in [5, 5.41) is 3.63. The van der Waals surface area contributed by atoms with Gasteiger partial charge in [0.1, 0.15) is 10.7 Å². The highest BCUT2D eigenvalue weighted by molar-refractivity contribution is 7.99. The van der Waals surface area contributed by atoms with E-state index in [1.165, 1.54) is 6.26 Å². The lowest BCUT2D eigenvalue weighted by Crippen LogP contribution is -2.12. The molecule has 6 heteroatoms. The molecule has 1 aromatic heterocycles. The van der Waals surface area contributed by atoms with Gasteiger partial charge in [0, 0.05) is 24.2 Å². The van der Waals surface area contributed by atoms with Crippen molar-refractivity contribution in [2.24, 2.45) is 0 Å². The summed E-state index contributed by atoms with van der Waals surface area (Å²) in [5.74, 6) is 0.448. The molecule has 1 unspecified atom stereocenters. The summed E-state index contributed by atoms with van der Waals surface area (Å²) in [6, 6.07) is 3.20. The summed E-state index contributed by atoms with van der Waals surface area (Å²) in [4.78, 5) is 4.33. The van der Waals surface area contributed by atoms with Crippen LogP contribution in [0.25, 0.3) is 0 Å². The Morgan fingerprint density at radius 1 is 1.53 bits per heavy atom. The average Bonchev–Trinajstić information content (AvgIpc) is 2.28. The van der Waals surface area contributed by atoms with Crippen molar-refractivity contribution < 1.29 is 8.42 Å². The van der Waals surface area contributed by atoms with Gasteiger partial charge in [0.05, 0.1) is 0 Å². The molecule has 1 heterocycles. The third-order valence-corrected chi connectivity index (χ3v) is 4.58. The highest BCUT2D eigenvalue weighted by atomic mass is 32.2. The molecule has 0 saturated heterocycles. The van der Waals surface area contributed by atoms with Gasteiger partial charge in [-0.15, -0.1) is 0 Å². The average molecular weight is 274 g/mol. The van der Waals surface area contributed by atoms with Gasteiger partial charge < -0.3 is 5.32 Å². The summed E-state index contributed by atoms with van der Waals surface area (Å²) in [5.41, 5.74) is 0. The third kappa shape index (κ3) is 4.55. The van der Waals surface area contributed by atoms with Crippen LogP contribution in [0.15, 0.2) is 23.2 Å². The van der Waals surface area contributed by atoms with Crippen molar-refractivity contribution in [1.82, 2.24) is 4.98 Å². The quantitative estimate of drug-likeness (QED) is 0.860. The summed E-state index contributed by atoms with van der Waals surface area (Å²) >= 11 is 1.79. The van der Waals surface area contributed by atoms with E-state index in [4.69, 9.17) is 0 Å². The van der Waals surface area contributed by atoms with Crippen LogP contribution in [-0.2, 0) is 9.84 Å². The van der Waals surface area contributed by atoms with Crippen LogP contribution in [-0.4, -0.2) is 37.7 Å². The fraction of sp³-hybridized carbons (Fsp3) is 0.545. The Kier molecular flexibility index (Phi) is 5.27. The molecule has 1 aromatic rings. The predicted molar refractivity (Wildman–Crippen MR) is 73.4 cm³/mol. The zero-order chi connectivity index (χ0) is 12.9. The molecule has 1 atom stereocenters. The fourth-order valence-electron chi connectivity index (χ4n) is 1.33. The molecule has 1 rings (SSSR count). The number of sulfone groups is 1. The molecule has 0 aliphatic carbocycles. The molecule has 0 saturated carbocycles. The molecule has 0 aromatic carbocycles. The Morgan fingerprint density at radius 3 is 2.82 bits per heavy atom. The van der Waals surface area contributed by atoms with E-state index in [2.05, 4.69) is 23.5 Å². The topological polar surface area (TPSA) is 59.1 Å². The minimum Gasteiger partial charge on any atom is -0.369 e. The first-order valence-corrected chi connectivity index (χ1v) is 8.55. The second-order valence-electron chi connectivity index (χ2n) is 3.88. The highest BCUT2D eigenvalue weighted by Crippen LogP contribution is 2.18. The number of hydrogen-bond donors (Lipinski definition) is 1. The number of pyridine rings is 1. The van der Waals surface area contributed by atoms with Crippen LogP contribution < -0.4 is 5.32 Å². The Bertz CT molecular complexity index is 460. The van der Waals surface area contributed by atoms with Crippen LogP contribution in [0.1, 0.15) is 13.3 Å². The van der Waals surface area contributed by atoms with Crippen molar-refractivity contribution in [3.8, 4) is 0 Å². The molecule has 0 aliphatic rings. The summed E-state index contributed by atoms with van der Waals surface area (Å²) in [6.07, 6.45) is 5.82. The molecule has 0 fully saturated rings. The normalized spacial score (nSPS) is 13.4. The number of hydrogen-bond acceptors (Lipinski definition) is 5. The van der Waals surface area contributed by atoms with Gasteiger partial charge in [-0.2, -0.15) is 11.8 Å². The lowest BCUT2D eigenvalue weighted by atomic mass is 10.3. The van der Waals surface area contributed by atoms with Gasteiger partial charge in [-0.1, -0.05) is 6.92 Å². The minimum absolute atomic E-state index is 0.261. The SMILES string of the molecule is CSC(C)CCNc1ncccc1S(C)(=O)=O. The largest absolute Gasteiger partial charge is 0.369 e.